The maximum Gasteiger partial charge on any atom is 0.161 e. The van der Waals surface area contributed by atoms with Gasteiger partial charge >= 0.3 is 0 Å². The van der Waals surface area contributed by atoms with Crippen LogP contribution in [0.15, 0.2) is 23.2 Å². The standard InChI is InChI=1S/C16H25N3S/c1-11(2)8-14-10-20-16(18-14)17-13-7-6-12(3)15(9-13)19(4)5/h6-7,9,11,14H,8,10H2,1-5H3,(H,17,18). The molecule has 1 atom stereocenters. The molecular formula is C16H25N3S. The first-order valence-corrected chi connectivity index (χ1v) is 8.20. The molecule has 1 aliphatic rings. The van der Waals surface area contributed by atoms with Crippen LogP contribution in [0.2, 0.25) is 0 Å². The highest BCUT2D eigenvalue weighted by atomic mass is 32.2. The summed E-state index contributed by atoms with van der Waals surface area (Å²) in [6.07, 6.45) is 1.18. The lowest BCUT2D eigenvalue weighted by atomic mass is 10.1. The molecule has 1 aromatic rings. The molecule has 0 radical (unpaired) electrons. The molecule has 1 aliphatic heterocycles. The second-order valence-corrected chi connectivity index (χ2v) is 7.06. The summed E-state index contributed by atoms with van der Waals surface area (Å²) in [5.74, 6) is 1.82. The van der Waals surface area contributed by atoms with Crippen LogP contribution in [0.1, 0.15) is 25.8 Å². The van der Waals surface area contributed by atoms with Crippen LogP contribution in [-0.4, -0.2) is 31.1 Å². The molecule has 0 aromatic heterocycles. The number of nitrogens with zero attached hydrogens (tertiary/aromatic N) is 2. The summed E-state index contributed by atoms with van der Waals surface area (Å²) >= 11 is 1.83. The van der Waals surface area contributed by atoms with E-state index in [4.69, 9.17) is 4.99 Å². The lowest BCUT2D eigenvalue weighted by molar-refractivity contribution is 0.529. The number of aliphatic imine (C=N–C) groups is 1. The quantitative estimate of drug-likeness (QED) is 0.909. The molecule has 3 nitrogen and oxygen atoms in total. The third-order valence-corrected chi connectivity index (χ3v) is 4.43. The number of thioether (sulfide) groups is 1. The summed E-state index contributed by atoms with van der Waals surface area (Å²) in [6, 6.07) is 6.94. The highest BCUT2D eigenvalue weighted by Gasteiger charge is 2.19. The van der Waals surface area contributed by atoms with Crippen molar-refractivity contribution in [2.24, 2.45) is 10.9 Å². The first-order chi connectivity index (χ1) is 9.45. The fraction of sp³-hybridized carbons (Fsp3) is 0.562. The van der Waals surface area contributed by atoms with Gasteiger partial charge in [-0.25, -0.2) is 0 Å². The Morgan fingerprint density at radius 2 is 2.15 bits per heavy atom. The van der Waals surface area contributed by atoms with E-state index in [-0.39, 0.29) is 0 Å². The highest BCUT2D eigenvalue weighted by molar-refractivity contribution is 8.14. The highest BCUT2D eigenvalue weighted by Crippen LogP contribution is 2.27. The van der Waals surface area contributed by atoms with Crippen molar-refractivity contribution in [1.82, 2.24) is 0 Å². The Labute approximate surface area is 126 Å². The molecular weight excluding hydrogens is 266 g/mol. The Hall–Kier alpha value is -1.16. The summed E-state index contributed by atoms with van der Waals surface area (Å²) in [5.41, 5.74) is 3.66. The van der Waals surface area contributed by atoms with Gasteiger partial charge in [-0.05, 0) is 37.0 Å². The molecule has 0 fully saturated rings. The SMILES string of the molecule is Cc1ccc(NC2=NC(CC(C)C)CS2)cc1N(C)C. The Morgan fingerprint density at radius 1 is 1.40 bits per heavy atom. The van der Waals surface area contributed by atoms with E-state index in [2.05, 4.69) is 63.3 Å². The van der Waals surface area contributed by atoms with E-state index < -0.39 is 0 Å². The zero-order valence-corrected chi connectivity index (χ0v) is 13.9. The third kappa shape index (κ3) is 3.92. The lowest BCUT2D eigenvalue weighted by Crippen LogP contribution is -2.12. The Kier molecular flexibility index (Phi) is 4.97. The Balaban J connectivity index is 2.06. The number of hydrogen-bond donors (Lipinski definition) is 1. The molecule has 1 aromatic carbocycles. The monoisotopic (exact) mass is 291 g/mol. The van der Waals surface area contributed by atoms with Gasteiger partial charge in [0.25, 0.3) is 0 Å². The Morgan fingerprint density at radius 3 is 2.80 bits per heavy atom. The third-order valence-electron chi connectivity index (χ3n) is 3.40. The van der Waals surface area contributed by atoms with Crippen LogP contribution in [0.25, 0.3) is 0 Å². The van der Waals surface area contributed by atoms with Gasteiger partial charge < -0.3 is 10.2 Å². The summed E-state index contributed by atoms with van der Waals surface area (Å²) in [5, 5.41) is 4.51. The summed E-state index contributed by atoms with van der Waals surface area (Å²) in [4.78, 5) is 6.92. The van der Waals surface area contributed by atoms with Gasteiger partial charge in [-0.15, -0.1) is 0 Å². The number of aryl methyl sites for hydroxylation is 1. The molecule has 20 heavy (non-hydrogen) atoms. The largest absolute Gasteiger partial charge is 0.377 e. The summed E-state index contributed by atoms with van der Waals surface area (Å²) in [6.45, 7) is 6.66. The molecule has 0 aliphatic carbocycles. The van der Waals surface area contributed by atoms with Crippen molar-refractivity contribution in [1.29, 1.82) is 0 Å². The first kappa shape index (κ1) is 15.2. The molecule has 2 rings (SSSR count). The number of amidine groups is 1. The molecule has 0 bridgehead atoms. The number of nitrogens with one attached hydrogen (secondary N) is 1. The van der Waals surface area contributed by atoms with Gasteiger partial charge in [0.05, 0.1) is 6.04 Å². The number of benzene rings is 1. The average molecular weight is 291 g/mol. The molecule has 1 N–H and O–H groups in total. The second-order valence-electron chi connectivity index (χ2n) is 6.05. The minimum atomic E-state index is 0.473. The second kappa shape index (κ2) is 6.53. The molecule has 110 valence electrons. The number of hydrogen-bond acceptors (Lipinski definition) is 4. The zero-order valence-electron chi connectivity index (χ0n) is 13.1. The maximum absolute atomic E-state index is 4.78. The van der Waals surface area contributed by atoms with Crippen molar-refractivity contribution < 1.29 is 0 Å². The number of anilines is 2. The molecule has 1 heterocycles. The van der Waals surface area contributed by atoms with Crippen molar-refractivity contribution >= 4 is 28.3 Å². The van der Waals surface area contributed by atoms with Gasteiger partial charge in [-0.2, -0.15) is 0 Å². The maximum atomic E-state index is 4.78. The molecule has 1 unspecified atom stereocenters. The van der Waals surface area contributed by atoms with Crippen LogP contribution in [0, 0.1) is 12.8 Å². The van der Waals surface area contributed by atoms with E-state index in [0.29, 0.717) is 12.0 Å². The van der Waals surface area contributed by atoms with E-state index in [0.717, 1.165) is 16.6 Å². The predicted octanol–water partition coefficient (Wildman–Crippen LogP) is 3.99. The van der Waals surface area contributed by atoms with Crippen LogP contribution < -0.4 is 10.2 Å². The smallest absolute Gasteiger partial charge is 0.161 e. The van der Waals surface area contributed by atoms with E-state index >= 15 is 0 Å². The van der Waals surface area contributed by atoms with Gasteiger partial charge in [0.1, 0.15) is 0 Å². The fourth-order valence-corrected chi connectivity index (χ4v) is 3.42. The zero-order chi connectivity index (χ0) is 14.7. The minimum absolute atomic E-state index is 0.473. The van der Waals surface area contributed by atoms with Crippen LogP contribution >= 0.6 is 11.8 Å². The van der Waals surface area contributed by atoms with Crippen LogP contribution in [-0.2, 0) is 0 Å². The first-order valence-electron chi connectivity index (χ1n) is 7.21. The normalized spacial score (nSPS) is 18.3. The molecule has 0 amide bonds. The average Bonchev–Trinajstić information content (AvgIpc) is 2.77. The van der Waals surface area contributed by atoms with Crippen molar-refractivity contribution in [3.63, 3.8) is 0 Å². The van der Waals surface area contributed by atoms with E-state index in [1.54, 1.807) is 0 Å². The molecule has 0 saturated carbocycles. The Bertz CT molecular complexity index is 494. The van der Waals surface area contributed by atoms with Crippen LogP contribution in [0.3, 0.4) is 0 Å². The van der Waals surface area contributed by atoms with Crippen molar-refractivity contribution in [2.75, 3.05) is 30.1 Å². The lowest BCUT2D eigenvalue weighted by Gasteiger charge is -2.17. The topological polar surface area (TPSA) is 27.6 Å². The van der Waals surface area contributed by atoms with Gasteiger partial charge in [0.15, 0.2) is 5.17 Å². The molecule has 0 spiro atoms. The van der Waals surface area contributed by atoms with Crippen molar-refractivity contribution in [3.8, 4) is 0 Å². The molecule has 0 saturated heterocycles. The van der Waals surface area contributed by atoms with Gasteiger partial charge in [-0.3, -0.25) is 4.99 Å². The van der Waals surface area contributed by atoms with E-state index in [1.807, 2.05) is 11.8 Å². The fourth-order valence-electron chi connectivity index (χ4n) is 2.44. The minimum Gasteiger partial charge on any atom is -0.377 e. The van der Waals surface area contributed by atoms with Crippen LogP contribution in [0.5, 0.6) is 0 Å². The molecule has 4 heteroatoms. The number of rotatable bonds is 4. The van der Waals surface area contributed by atoms with E-state index in [1.165, 1.54) is 17.7 Å². The van der Waals surface area contributed by atoms with E-state index in [9.17, 15) is 0 Å². The van der Waals surface area contributed by atoms with Crippen molar-refractivity contribution in [2.45, 2.75) is 33.2 Å². The van der Waals surface area contributed by atoms with Gasteiger partial charge in [0, 0.05) is 31.2 Å². The van der Waals surface area contributed by atoms with Gasteiger partial charge in [0.2, 0.25) is 0 Å². The summed E-state index contributed by atoms with van der Waals surface area (Å²) in [7, 11) is 4.15. The van der Waals surface area contributed by atoms with Crippen LogP contribution in [0.4, 0.5) is 11.4 Å². The predicted molar refractivity (Wildman–Crippen MR) is 92.3 cm³/mol. The van der Waals surface area contributed by atoms with Gasteiger partial charge in [-0.1, -0.05) is 31.7 Å². The summed E-state index contributed by atoms with van der Waals surface area (Å²) < 4.78 is 0. The van der Waals surface area contributed by atoms with Crippen molar-refractivity contribution in [3.05, 3.63) is 23.8 Å².